The number of aliphatic hydroxyl groups excluding tert-OH is 1. The summed E-state index contributed by atoms with van der Waals surface area (Å²) in [7, 11) is 0. The summed E-state index contributed by atoms with van der Waals surface area (Å²) in [4.78, 5) is 0. The predicted molar refractivity (Wildman–Crippen MR) is 57.1 cm³/mol. The molecule has 3 nitrogen and oxygen atoms in total. The normalized spacial score (nSPS) is 17.1. The minimum atomic E-state index is -0.474. The first-order valence-corrected chi connectivity index (χ1v) is 5.21. The third-order valence-electron chi connectivity index (χ3n) is 2.60. The fourth-order valence-corrected chi connectivity index (χ4v) is 1.46. The van der Waals surface area contributed by atoms with Crippen LogP contribution in [0.15, 0.2) is 24.3 Å². The van der Waals surface area contributed by atoms with Crippen molar-refractivity contribution in [1.82, 2.24) is 5.32 Å². The molecule has 15 heavy (non-hydrogen) atoms. The van der Waals surface area contributed by atoms with E-state index in [1.807, 2.05) is 0 Å². The Labute approximate surface area is 89.4 Å². The van der Waals surface area contributed by atoms with E-state index >= 15 is 0 Å². The highest BCUT2D eigenvalue weighted by Gasteiger charge is 2.21. The molecule has 78 valence electrons. The third-order valence-corrected chi connectivity index (χ3v) is 2.60. The van der Waals surface area contributed by atoms with Gasteiger partial charge in [0.2, 0.25) is 0 Å². The molecule has 1 saturated carbocycles. The molecular weight excluding hydrogens is 188 g/mol. The van der Waals surface area contributed by atoms with Crippen molar-refractivity contribution in [3.63, 3.8) is 0 Å². The predicted octanol–water partition coefficient (Wildman–Crippen LogP) is 1.34. The molecule has 1 aliphatic carbocycles. The number of aliphatic hydroxyl groups is 1. The van der Waals surface area contributed by atoms with Gasteiger partial charge in [0, 0.05) is 12.6 Å². The Morgan fingerprint density at radius 1 is 1.40 bits per heavy atom. The lowest BCUT2D eigenvalue weighted by Crippen LogP contribution is -2.23. The zero-order chi connectivity index (χ0) is 10.7. The van der Waals surface area contributed by atoms with E-state index in [0.29, 0.717) is 18.2 Å². The number of benzene rings is 1. The highest BCUT2D eigenvalue weighted by atomic mass is 16.3. The van der Waals surface area contributed by atoms with E-state index in [1.54, 1.807) is 24.3 Å². The van der Waals surface area contributed by atoms with Gasteiger partial charge in [-0.05, 0) is 30.5 Å². The second-order valence-electron chi connectivity index (χ2n) is 3.93. The molecule has 0 spiro atoms. The average molecular weight is 202 g/mol. The van der Waals surface area contributed by atoms with Crippen LogP contribution < -0.4 is 5.32 Å². The minimum absolute atomic E-state index is 0.474. The van der Waals surface area contributed by atoms with Gasteiger partial charge in [0.05, 0.1) is 17.7 Å². The molecule has 0 bridgehead atoms. The van der Waals surface area contributed by atoms with Gasteiger partial charge in [-0.1, -0.05) is 12.1 Å². The van der Waals surface area contributed by atoms with Crippen molar-refractivity contribution in [2.24, 2.45) is 0 Å². The van der Waals surface area contributed by atoms with Gasteiger partial charge in [0.25, 0.3) is 0 Å². The zero-order valence-corrected chi connectivity index (χ0v) is 8.48. The van der Waals surface area contributed by atoms with Gasteiger partial charge in [0.15, 0.2) is 0 Å². The van der Waals surface area contributed by atoms with Gasteiger partial charge >= 0.3 is 0 Å². The molecule has 1 aromatic carbocycles. The lowest BCUT2D eigenvalue weighted by Gasteiger charge is -2.11. The van der Waals surface area contributed by atoms with Crippen molar-refractivity contribution >= 4 is 0 Å². The number of hydrogen-bond acceptors (Lipinski definition) is 3. The van der Waals surface area contributed by atoms with E-state index in [4.69, 9.17) is 5.26 Å². The third kappa shape index (κ3) is 2.79. The standard InChI is InChI=1S/C12H14N2O/c13-7-9-1-3-10(4-2-9)12(15)8-14-11-5-6-11/h1-4,11-12,14-15H,5-6,8H2. The van der Waals surface area contributed by atoms with Crippen molar-refractivity contribution in [3.05, 3.63) is 35.4 Å². The molecule has 3 heteroatoms. The zero-order valence-electron chi connectivity index (χ0n) is 8.48. The maximum atomic E-state index is 9.82. The molecule has 1 unspecified atom stereocenters. The SMILES string of the molecule is N#Cc1ccc(C(O)CNC2CC2)cc1. The van der Waals surface area contributed by atoms with Gasteiger partial charge in [-0.2, -0.15) is 5.26 Å². The van der Waals surface area contributed by atoms with E-state index in [1.165, 1.54) is 12.8 Å². The highest BCUT2D eigenvalue weighted by molar-refractivity contribution is 5.32. The van der Waals surface area contributed by atoms with Crippen LogP contribution in [0.2, 0.25) is 0 Å². The molecule has 1 atom stereocenters. The highest BCUT2D eigenvalue weighted by Crippen LogP contribution is 2.20. The molecule has 0 aromatic heterocycles. The Morgan fingerprint density at radius 3 is 2.60 bits per heavy atom. The van der Waals surface area contributed by atoms with E-state index < -0.39 is 6.10 Å². The number of nitrogens with one attached hydrogen (secondary N) is 1. The van der Waals surface area contributed by atoms with Crippen molar-refractivity contribution in [2.45, 2.75) is 25.0 Å². The maximum Gasteiger partial charge on any atom is 0.0991 e. The molecule has 2 N–H and O–H groups in total. The van der Waals surface area contributed by atoms with Crippen LogP contribution in [0.5, 0.6) is 0 Å². The van der Waals surface area contributed by atoms with Crippen LogP contribution >= 0.6 is 0 Å². The minimum Gasteiger partial charge on any atom is -0.387 e. The number of nitrogens with zero attached hydrogens (tertiary/aromatic N) is 1. The lowest BCUT2D eigenvalue weighted by molar-refractivity contribution is 0.174. The summed E-state index contributed by atoms with van der Waals surface area (Å²) in [5.74, 6) is 0. The van der Waals surface area contributed by atoms with E-state index in [0.717, 1.165) is 5.56 Å². The molecule has 0 amide bonds. The van der Waals surface area contributed by atoms with Crippen molar-refractivity contribution in [3.8, 4) is 6.07 Å². The fraction of sp³-hybridized carbons (Fsp3) is 0.417. The Balaban J connectivity index is 1.92. The molecule has 0 saturated heterocycles. The summed E-state index contributed by atoms with van der Waals surface area (Å²) >= 11 is 0. The van der Waals surface area contributed by atoms with Crippen LogP contribution in [0.3, 0.4) is 0 Å². The quantitative estimate of drug-likeness (QED) is 0.774. The van der Waals surface area contributed by atoms with Gasteiger partial charge in [-0.25, -0.2) is 0 Å². The summed E-state index contributed by atoms with van der Waals surface area (Å²) in [6.07, 6.45) is 1.97. The summed E-state index contributed by atoms with van der Waals surface area (Å²) < 4.78 is 0. The molecule has 1 aliphatic rings. The largest absolute Gasteiger partial charge is 0.387 e. The van der Waals surface area contributed by atoms with Gasteiger partial charge in [0.1, 0.15) is 0 Å². The van der Waals surface area contributed by atoms with Gasteiger partial charge in [-0.15, -0.1) is 0 Å². The van der Waals surface area contributed by atoms with Crippen LogP contribution in [0.4, 0.5) is 0 Å². The molecular formula is C12H14N2O. The Kier molecular flexibility index (Phi) is 3.00. The van der Waals surface area contributed by atoms with Crippen LogP contribution in [-0.2, 0) is 0 Å². The van der Waals surface area contributed by atoms with Crippen LogP contribution in [0, 0.1) is 11.3 Å². The molecule has 1 fully saturated rings. The second kappa shape index (κ2) is 4.43. The first kappa shape index (κ1) is 10.2. The Hall–Kier alpha value is -1.37. The monoisotopic (exact) mass is 202 g/mol. The Morgan fingerprint density at radius 2 is 2.07 bits per heavy atom. The first-order valence-electron chi connectivity index (χ1n) is 5.21. The van der Waals surface area contributed by atoms with E-state index in [-0.39, 0.29) is 0 Å². The van der Waals surface area contributed by atoms with E-state index in [2.05, 4.69) is 11.4 Å². The number of hydrogen-bond donors (Lipinski definition) is 2. The Bertz CT molecular complexity index is 362. The molecule has 2 rings (SSSR count). The van der Waals surface area contributed by atoms with Crippen molar-refractivity contribution in [2.75, 3.05) is 6.54 Å². The van der Waals surface area contributed by atoms with Crippen LogP contribution in [-0.4, -0.2) is 17.7 Å². The summed E-state index contributed by atoms with van der Waals surface area (Å²) in [6.45, 7) is 0.594. The first-order chi connectivity index (χ1) is 7.29. The molecule has 0 aliphatic heterocycles. The smallest absolute Gasteiger partial charge is 0.0991 e. The molecule has 0 heterocycles. The topological polar surface area (TPSA) is 56.0 Å². The maximum absolute atomic E-state index is 9.82. The van der Waals surface area contributed by atoms with Crippen LogP contribution in [0.1, 0.15) is 30.1 Å². The second-order valence-corrected chi connectivity index (χ2v) is 3.93. The van der Waals surface area contributed by atoms with Gasteiger partial charge in [-0.3, -0.25) is 0 Å². The van der Waals surface area contributed by atoms with Crippen molar-refractivity contribution < 1.29 is 5.11 Å². The molecule has 1 aromatic rings. The van der Waals surface area contributed by atoms with Crippen LogP contribution in [0.25, 0.3) is 0 Å². The lowest BCUT2D eigenvalue weighted by atomic mass is 10.1. The average Bonchev–Trinajstić information content (AvgIpc) is 3.10. The summed E-state index contributed by atoms with van der Waals surface area (Å²) in [6, 6.07) is 9.74. The molecule has 0 radical (unpaired) electrons. The number of rotatable bonds is 4. The summed E-state index contributed by atoms with van der Waals surface area (Å²) in [5.41, 5.74) is 1.49. The van der Waals surface area contributed by atoms with Gasteiger partial charge < -0.3 is 10.4 Å². The van der Waals surface area contributed by atoms with E-state index in [9.17, 15) is 5.11 Å². The fourth-order valence-electron chi connectivity index (χ4n) is 1.46. The number of nitriles is 1. The summed E-state index contributed by atoms with van der Waals surface area (Å²) in [5, 5.41) is 21.7. The van der Waals surface area contributed by atoms with Crippen molar-refractivity contribution in [1.29, 1.82) is 5.26 Å².